The van der Waals surface area contributed by atoms with Crippen LogP contribution in [-0.2, 0) is 23.1 Å². The number of sulfonamides is 1. The molecule has 0 radical (unpaired) electrons. The highest BCUT2D eigenvalue weighted by Crippen LogP contribution is 2.23. The lowest BCUT2D eigenvalue weighted by atomic mass is 10.2. The Kier molecular flexibility index (Phi) is 5.72. The molecule has 4 aromatic rings. The highest BCUT2D eigenvalue weighted by atomic mass is 32.2. The first-order valence-electron chi connectivity index (χ1n) is 9.26. The maximum absolute atomic E-state index is 12.7. The normalized spacial score (nSPS) is 11.6. The van der Waals surface area contributed by atoms with Gasteiger partial charge in [-0.15, -0.1) is 0 Å². The fourth-order valence-corrected chi connectivity index (χ4v) is 5.18. The molecular weight excluding hydrogens is 420 g/mol. The summed E-state index contributed by atoms with van der Waals surface area (Å²) >= 11 is 1.05. The summed E-state index contributed by atoms with van der Waals surface area (Å²) in [5.41, 5.74) is 2.55. The van der Waals surface area contributed by atoms with Crippen molar-refractivity contribution >= 4 is 31.6 Å². The first kappa shape index (κ1) is 20.3. The summed E-state index contributed by atoms with van der Waals surface area (Å²) < 4.78 is 35.5. The standard InChI is InChI=1S/C22H20N2O4S2/c1-28-18-9-7-16(8-10-18)14-23-30(26,27)19-11-12-20-21(13-19)29-22(25)24(20)15-17-5-3-2-4-6-17/h2-13,23H,14-15H2,1H3. The van der Waals surface area contributed by atoms with E-state index in [4.69, 9.17) is 4.74 Å². The molecule has 0 aliphatic heterocycles. The molecule has 0 fully saturated rings. The number of rotatable bonds is 7. The lowest BCUT2D eigenvalue weighted by Gasteiger charge is -2.08. The molecule has 3 aromatic carbocycles. The molecule has 0 saturated carbocycles. The fraction of sp³-hybridized carbons (Fsp3) is 0.136. The van der Waals surface area contributed by atoms with Gasteiger partial charge < -0.3 is 4.74 Å². The van der Waals surface area contributed by atoms with Crippen molar-refractivity contribution in [2.75, 3.05) is 7.11 Å². The van der Waals surface area contributed by atoms with Crippen LogP contribution in [0.2, 0.25) is 0 Å². The molecule has 30 heavy (non-hydrogen) atoms. The van der Waals surface area contributed by atoms with Crippen LogP contribution in [0, 0.1) is 0 Å². The first-order valence-corrected chi connectivity index (χ1v) is 11.6. The van der Waals surface area contributed by atoms with E-state index in [0.717, 1.165) is 28.0 Å². The molecule has 8 heteroatoms. The van der Waals surface area contributed by atoms with Crippen LogP contribution in [0.4, 0.5) is 0 Å². The third-order valence-electron chi connectivity index (χ3n) is 4.76. The molecule has 154 valence electrons. The first-order chi connectivity index (χ1) is 14.5. The minimum Gasteiger partial charge on any atom is -0.497 e. The van der Waals surface area contributed by atoms with Crippen molar-refractivity contribution in [3.8, 4) is 5.75 Å². The van der Waals surface area contributed by atoms with E-state index < -0.39 is 10.0 Å². The maximum atomic E-state index is 12.7. The topological polar surface area (TPSA) is 77.4 Å². The van der Waals surface area contributed by atoms with E-state index in [1.165, 1.54) is 6.07 Å². The maximum Gasteiger partial charge on any atom is 0.308 e. The quantitative estimate of drug-likeness (QED) is 0.476. The SMILES string of the molecule is COc1ccc(CNS(=O)(=O)c2ccc3c(c2)sc(=O)n3Cc2ccccc2)cc1. The Morgan fingerprint density at radius 1 is 0.967 bits per heavy atom. The summed E-state index contributed by atoms with van der Waals surface area (Å²) in [7, 11) is -2.14. The van der Waals surface area contributed by atoms with Gasteiger partial charge in [-0.1, -0.05) is 53.8 Å². The van der Waals surface area contributed by atoms with Gasteiger partial charge in [-0.2, -0.15) is 0 Å². The van der Waals surface area contributed by atoms with Gasteiger partial charge in [0, 0.05) is 6.54 Å². The zero-order valence-corrected chi connectivity index (χ0v) is 17.9. The lowest BCUT2D eigenvalue weighted by Crippen LogP contribution is -2.23. The number of thiazole rings is 1. The van der Waals surface area contributed by atoms with Gasteiger partial charge in [-0.25, -0.2) is 13.1 Å². The van der Waals surface area contributed by atoms with Crippen LogP contribution in [0.25, 0.3) is 10.2 Å². The summed E-state index contributed by atoms with van der Waals surface area (Å²) in [6.45, 7) is 0.608. The van der Waals surface area contributed by atoms with Crippen LogP contribution >= 0.6 is 11.3 Å². The van der Waals surface area contributed by atoms with E-state index in [0.29, 0.717) is 17.0 Å². The molecule has 0 aliphatic carbocycles. The summed E-state index contributed by atoms with van der Waals surface area (Å²) in [6.07, 6.45) is 0. The Hall–Kier alpha value is -2.94. The molecule has 1 aromatic heterocycles. The Morgan fingerprint density at radius 3 is 2.40 bits per heavy atom. The second kappa shape index (κ2) is 8.43. The Balaban J connectivity index is 1.57. The Bertz CT molecular complexity index is 1330. The van der Waals surface area contributed by atoms with E-state index in [2.05, 4.69) is 4.72 Å². The number of nitrogens with one attached hydrogen (secondary N) is 1. The Morgan fingerprint density at radius 2 is 1.70 bits per heavy atom. The van der Waals surface area contributed by atoms with E-state index in [1.54, 1.807) is 48.1 Å². The summed E-state index contributed by atoms with van der Waals surface area (Å²) in [5, 5.41) is 0. The van der Waals surface area contributed by atoms with Crippen molar-refractivity contribution in [2.45, 2.75) is 18.0 Å². The van der Waals surface area contributed by atoms with Gasteiger partial charge in [0.05, 0.1) is 28.8 Å². The zero-order chi connectivity index (χ0) is 21.1. The number of ether oxygens (including phenoxy) is 1. The predicted molar refractivity (Wildman–Crippen MR) is 119 cm³/mol. The smallest absolute Gasteiger partial charge is 0.308 e. The van der Waals surface area contributed by atoms with Crippen LogP contribution in [0.3, 0.4) is 0 Å². The van der Waals surface area contributed by atoms with E-state index >= 15 is 0 Å². The van der Waals surface area contributed by atoms with Crippen LogP contribution in [0.15, 0.2) is 82.5 Å². The van der Waals surface area contributed by atoms with Gasteiger partial charge in [-0.3, -0.25) is 9.36 Å². The molecular formula is C22H20N2O4S2. The largest absolute Gasteiger partial charge is 0.497 e. The number of fused-ring (bicyclic) bond motifs is 1. The molecule has 6 nitrogen and oxygen atoms in total. The van der Waals surface area contributed by atoms with Gasteiger partial charge in [0.2, 0.25) is 10.0 Å². The highest BCUT2D eigenvalue weighted by Gasteiger charge is 2.17. The molecule has 1 N–H and O–H groups in total. The summed E-state index contributed by atoms with van der Waals surface area (Å²) in [6, 6.07) is 21.6. The van der Waals surface area contributed by atoms with E-state index in [9.17, 15) is 13.2 Å². The van der Waals surface area contributed by atoms with Crippen molar-refractivity contribution in [3.05, 3.63) is 93.6 Å². The van der Waals surface area contributed by atoms with Crippen molar-refractivity contribution < 1.29 is 13.2 Å². The highest BCUT2D eigenvalue weighted by molar-refractivity contribution is 7.89. The third-order valence-corrected chi connectivity index (χ3v) is 7.10. The van der Waals surface area contributed by atoms with Crippen molar-refractivity contribution in [1.29, 1.82) is 0 Å². The number of aromatic nitrogens is 1. The molecule has 0 spiro atoms. The van der Waals surface area contributed by atoms with Crippen molar-refractivity contribution in [1.82, 2.24) is 9.29 Å². The average Bonchev–Trinajstić information content (AvgIpc) is 3.08. The van der Waals surface area contributed by atoms with Crippen LogP contribution in [0.5, 0.6) is 5.75 Å². The van der Waals surface area contributed by atoms with Crippen molar-refractivity contribution in [2.24, 2.45) is 0 Å². The number of nitrogens with zero attached hydrogens (tertiary/aromatic N) is 1. The van der Waals surface area contributed by atoms with Gasteiger partial charge in [0.15, 0.2) is 0 Å². The molecule has 0 aliphatic rings. The summed E-state index contributed by atoms with van der Waals surface area (Å²) in [4.78, 5) is 12.5. The van der Waals surface area contributed by atoms with E-state index in [-0.39, 0.29) is 16.3 Å². The van der Waals surface area contributed by atoms with Gasteiger partial charge >= 0.3 is 4.87 Å². The second-order valence-electron chi connectivity index (χ2n) is 6.74. The number of benzene rings is 3. The monoisotopic (exact) mass is 440 g/mol. The molecule has 0 unspecified atom stereocenters. The minimum absolute atomic E-state index is 0.116. The van der Waals surface area contributed by atoms with E-state index in [1.807, 2.05) is 30.3 Å². The van der Waals surface area contributed by atoms with Gasteiger partial charge in [-0.05, 0) is 41.5 Å². The third kappa shape index (κ3) is 4.30. The Labute approximate surface area is 178 Å². The zero-order valence-electron chi connectivity index (χ0n) is 16.2. The number of hydrogen-bond donors (Lipinski definition) is 1. The molecule has 1 heterocycles. The average molecular weight is 441 g/mol. The summed E-state index contributed by atoms with van der Waals surface area (Å²) in [5.74, 6) is 0.710. The van der Waals surface area contributed by atoms with Crippen LogP contribution < -0.4 is 14.3 Å². The molecule has 0 atom stereocenters. The van der Waals surface area contributed by atoms with Gasteiger partial charge in [0.25, 0.3) is 0 Å². The second-order valence-corrected chi connectivity index (χ2v) is 9.50. The fourth-order valence-electron chi connectivity index (χ4n) is 3.13. The number of hydrogen-bond acceptors (Lipinski definition) is 5. The molecule has 0 amide bonds. The van der Waals surface area contributed by atoms with Gasteiger partial charge in [0.1, 0.15) is 5.75 Å². The van der Waals surface area contributed by atoms with Crippen LogP contribution in [-0.4, -0.2) is 20.1 Å². The molecule has 0 bridgehead atoms. The minimum atomic E-state index is -3.71. The molecule has 0 saturated heterocycles. The predicted octanol–water partition coefficient (Wildman–Crippen LogP) is 3.60. The lowest BCUT2D eigenvalue weighted by molar-refractivity contribution is 0.414. The van der Waals surface area contributed by atoms with Crippen molar-refractivity contribution in [3.63, 3.8) is 0 Å². The molecule has 4 rings (SSSR count). The van der Waals surface area contributed by atoms with Crippen LogP contribution in [0.1, 0.15) is 11.1 Å². The number of methoxy groups -OCH3 is 1.